The fourth-order valence-corrected chi connectivity index (χ4v) is 2.80. The number of nitrogens with one attached hydrogen (secondary N) is 1. The van der Waals surface area contributed by atoms with Crippen molar-refractivity contribution in [2.45, 2.75) is 19.9 Å². The molecule has 4 heteroatoms. The molecule has 2 aromatic carbocycles. The first-order valence-electron chi connectivity index (χ1n) is 6.48. The molecule has 0 spiro atoms. The summed E-state index contributed by atoms with van der Waals surface area (Å²) >= 11 is 3.39. The molecule has 0 aliphatic rings. The molecule has 0 bridgehead atoms. The Balaban J connectivity index is 2.53. The van der Waals surface area contributed by atoms with Gasteiger partial charge < -0.3 is 5.32 Å². The van der Waals surface area contributed by atoms with Gasteiger partial charge >= 0.3 is 0 Å². The van der Waals surface area contributed by atoms with Crippen molar-refractivity contribution in [2.75, 3.05) is 6.54 Å². The summed E-state index contributed by atoms with van der Waals surface area (Å²) in [6.45, 7) is 4.35. The molecule has 2 aromatic rings. The van der Waals surface area contributed by atoms with Gasteiger partial charge in [0.25, 0.3) is 0 Å². The van der Waals surface area contributed by atoms with Gasteiger partial charge in [0, 0.05) is 10.0 Å². The third kappa shape index (κ3) is 3.07. The quantitative estimate of drug-likeness (QED) is 0.848. The molecular weight excluding hydrogens is 324 g/mol. The number of aryl methyl sites for hydroxylation is 1. The van der Waals surface area contributed by atoms with Gasteiger partial charge in [-0.05, 0) is 42.8 Å². The van der Waals surface area contributed by atoms with E-state index in [2.05, 4.69) is 21.2 Å². The molecule has 0 aliphatic carbocycles. The molecule has 0 aliphatic heterocycles. The maximum absolute atomic E-state index is 14.1. The Labute approximate surface area is 126 Å². The highest BCUT2D eigenvalue weighted by molar-refractivity contribution is 9.10. The van der Waals surface area contributed by atoms with Crippen LogP contribution in [0.1, 0.15) is 29.7 Å². The van der Waals surface area contributed by atoms with E-state index in [1.807, 2.05) is 6.92 Å². The van der Waals surface area contributed by atoms with Crippen molar-refractivity contribution < 1.29 is 8.78 Å². The zero-order valence-electron chi connectivity index (χ0n) is 11.4. The highest BCUT2D eigenvalue weighted by atomic mass is 79.9. The van der Waals surface area contributed by atoms with Crippen molar-refractivity contribution >= 4 is 15.9 Å². The molecule has 0 aromatic heterocycles. The Morgan fingerprint density at radius 1 is 1.15 bits per heavy atom. The Hall–Kier alpha value is -1.26. The SMILES string of the molecule is CCNC(c1ccc(F)c(C)c1)c1c(F)cccc1Br. The normalized spacial score (nSPS) is 12.4. The van der Waals surface area contributed by atoms with E-state index in [-0.39, 0.29) is 17.7 Å². The minimum atomic E-state index is -0.310. The molecule has 2 rings (SSSR count). The van der Waals surface area contributed by atoms with Crippen LogP contribution in [0.3, 0.4) is 0 Å². The van der Waals surface area contributed by atoms with Crippen LogP contribution in [0, 0.1) is 18.6 Å². The van der Waals surface area contributed by atoms with Crippen LogP contribution in [0.4, 0.5) is 8.78 Å². The third-order valence-corrected chi connectivity index (χ3v) is 3.90. The van der Waals surface area contributed by atoms with E-state index in [4.69, 9.17) is 0 Å². The van der Waals surface area contributed by atoms with E-state index in [0.717, 1.165) is 5.56 Å². The van der Waals surface area contributed by atoms with E-state index in [1.165, 1.54) is 12.1 Å². The molecule has 0 saturated carbocycles. The molecule has 20 heavy (non-hydrogen) atoms. The molecule has 1 nitrogen and oxygen atoms in total. The molecule has 106 valence electrons. The first-order chi connectivity index (χ1) is 9.54. The van der Waals surface area contributed by atoms with Crippen molar-refractivity contribution in [2.24, 2.45) is 0 Å². The number of hydrogen-bond donors (Lipinski definition) is 1. The predicted molar refractivity (Wildman–Crippen MR) is 80.8 cm³/mol. The van der Waals surface area contributed by atoms with Crippen LogP contribution >= 0.6 is 15.9 Å². The summed E-state index contributed by atoms with van der Waals surface area (Å²) < 4.78 is 28.2. The lowest BCUT2D eigenvalue weighted by molar-refractivity contribution is 0.554. The van der Waals surface area contributed by atoms with Crippen LogP contribution in [0.2, 0.25) is 0 Å². The Bertz CT molecular complexity index is 593. The van der Waals surface area contributed by atoms with Gasteiger partial charge in [-0.15, -0.1) is 0 Å². The van der Waals surface area contributed by atoms with Crippen molar-refractivity contribution in [1.29, 1.82) is 0 Å². The van der Waals surface area contributed by atoms with Gasteiger partial charge in [-0.2, -0.15) is 0 Å². The highest BCUT2D eigenvalue weighted by Crippen LogP contribution is 2.31. The van der Waals surface area contributed by atoms with E-state index in [0.29, 0.717) is 22.1 Å². The second-order valence-corrected chi connectivity index (χ2v) is 5.49. The van der Waals surface area contributed by atoms with Crippen molar-refractivity contribution in [3.63, 3.8) is 0 Å². The zero-order valence-corrected chi connectivity index (χ0v) is 13.0. The predicted octanol–water partition coefficient (Wildman–Crippen LogP) is 4.73. The standard InChI is InChI=1S/C16H16BrF2N/c1-3-20-16(11-7-8-13(18)10(2)9-11)15-12(17)5-4-6-14(15)19/h4-9,16,20H,3H2,1-2H3. The molecule has 0 saturated heterocycles. The summed E-state index contributed by atoms with van der Waals surface area (Å²) in [6, 6.07) is 9.44. The largest absolute Gasteiger partial charge is 0.306 e. The average molecular weight is 340 g/mol. The molecule has 0 amide bonds. The van der Waals surface area contributed by atoms with Crippen molar-refractivity contribution in [3.8, 4) is 0 Å². The first kappa shape index (κ1) is 15.1. The third-order valence-electron chi connectivity index (χ3n) is 3.21. The van der Waals surface area contributed by atoms with Crippen LogP contribution in [0.5, 0.6) is 0 Å². The van der Waals surface area contributed by atoms with E-state index < -0.39 is 0 Å². The van der Waals surface area contributed by atoms with Gasteiger partial charge in [0.1, 0.15) is 11.6 Å². The van der Waals surface area contributed by atoms with Gasteiger partial charge in [-0.3, -0.25) is 0 Å². The van der Waals surface area contributed by atoms with Gasteiger partial charge in [0.15, 0.2) is 0 Å². The van der Waals surface area contributed by atoms with Crippen molar-refractivity contribution in [1.82, 2.24) is 5.32 Å². The zero-order chi connectivity index (χ0) is 14.7. The second-order valence-electron chi connectivity index (χ2n) is 4.63. The molecule has 0 fully saturated rings. The monoisotopic (exact) mass is 339 g/mol. The number of rotatable bonds is 4. The molecule has 1 N–H and O–H groups in total. The number of halogens is 3. The van der Waals surface area contributed by atoms with Crippen LogP contribution in [-0.2, 0) is 0 Å². The maximum atomic E-state index is 14.1. The molecule has 0 heterocycles. The average Bonchev–Trinajstić information content (AvgIpc) is 2.41. The summed E-state index contributed by atoms with van der Waals surface area (Å²) in [5, 5.41) is 3.25. The van der Waals surface area contributed by atoms with Gasteiger partial charge in [0.2, 0.25) is 0 Å². The summed E-state index contributed by atoms with van der Waals surface area (Å²) in [6.07, 6.45) is 0. The lowest BCUT2D eigenvalue weighted by Gasteiger charge is -2.21. The molecule has 1 atom stereocenters. The number of hydrogen-bond acceptors (Lipinski definition) is 1. The lowest BCUT2D eigenvalue weighted by atomic mass is 9.96. The first-order valence-corrected chi connectivity index (χ1v) is 7.27. The van der Waals surface area contributed by atoms with Crippen molar-refractivity contribution in [3.05, 3.63) is 69.2 Å². The summed E-state index contributed by atoms with van der Waals surface area (Å²) in [5.74, 6) is -0.538. The second kappa shape index (κ2) is 6.46. The summed E-state index contributed by atoms with van der Waals surface area (Å²) in [4.78, 5) is 0. The van der Waals surface area contributed by atoms with E-state index in [1.54, 1.807) is 31.2 Å². The smallest absolute Gasteiger partial charge is 0.129 e. The van der Waals surface area contributed by atoms with E-state index >= 15 is 0 Å². The molecule has 1 unspecified atom stereocenters. The molecule has 0 radical (unpaired) electrons. The van der Waals surface area contributed by atoms with Gasteiger partial charge in [-0.25, -0.2) is 8.78 Å². The maximum Gasteiger partial charge on any atom is 0.129 e. The highest BCUT2D eigenvalue weighted by Gasteiger charge is 2.20. The fraction of sp³-hybridized carbons (Fsp3) is 0.250. The Morgan fingerprint density at radius 3 is 2.50 bits per heavy atom. The van der Waals surface area contributed by atoms with Gasteiger partial charge in [0.05, 0.1) is 6.04 Å². The summed E-state index contributed by atoms with van der Waals surface area (Å²) in [7, 11) is 0. The van der Waals surface area contributed by atoms with Crippen LogP contribution < -0.4 is 5.32 Å². The number of benzene rings is 2. The Kier molecular flexibility index (Phi) is 4.89. The van der Waals surface area contributed by atoms with Crippen LogP contribution in [0.15, 0.2) is 40.9 Å². The van der Waals surface area contributed by atoms with E-state index in [9.17, 15) is 8.78 Å². The summed E-state index contributed by atoms with van der Waals surface area (Å²) in [5.41, 5.74) is 1.94. The Morgan fingerprint density at radius 2 is 1.90 bits per heavy atom. The topological polar surface area (TPSA) is 12.0 Å². The van der Waals surface area contributed by atoms with Gasteiger partial charge in [-0.1, -0.05) is 41.1 Å². The fourth-order valence-electron chi connectivity index (χ4n) is 2.22. The lowest BCUT2D eigenvalue weighted by Crippen LogP contribution is -2.23. The minimum absolute atomic E-state index is 0.253. The molecular formula is C16H16BrF2N. The minimum Gasteiger partial charge on any atom is -0.306 e. The van der Waals surface area contributed by atoms with Crippen LogP contribution in [-0.4, -0.2) is 6.54 Å². The van der Waals surface area contributed by atoms with Crippen LogP contribution in [0.25, 0.3) is 0 Å².